The molecule has 2 nitrogen and oxygen atoms in total. The lowest BCUT2D eigenvalue weighted by Crippen LogP contribution is -2.33. The second kappa shape index (κ2) is 5.72. The summed E-state index contributed by atoms with van der Waals surface area (Å²) in [5, 5.41) is 3.55. The molecule has 0 unspecified atom stereocenters. The molecular weight excluding hydrogens is 174 g/mol. The Hall–Kier alpha value is -0.0800. The molecule has 0 saturated heterocycles. The van der Waals surface area contributed by atoms with Crippen molar-refractivity contribution in [3.63, 3.8) is 0 Å². The van der Waals surface area contributed by atoms with E-state index in [2.05, 4.69) is 26.1 Å². The quantitative estimate of drug-likeness (QED) is 0.664. The van der Waals surface area contributed by atoms with Gasteiger partial charge in [-0.2, -0.15) is 0 Å². The minimum atomic E-state index is 0.0529. The van der Waals surface area contributed by atoms with Crippen LogP contribution >= 0.6 is 0 Å². The van der Waals surface area contributed by atoms with E-state index in [1.807, 2.05) is 0 Å². The highest BCUT2D eigenvalue weighted by Crippen LogP contribution is 2.17. The molecule has 14 heavy (non-hydrogen) atoms. The third kappa shape index (κ3) is 4.43. The molecule has 0 heterocycles. The smallest absolute Gasteiger partial charge is 0.0624 e. The van der Waals surface area contributed by atoms with Crippen molar-refractivity contribution in [2.75, 3.05) is 13.2 Å². The van der Waals surface area contributed by atoms with Gasteiger partial charge in [0.1, 0.15) is 0 Å². The summed E-state index contributed by atoms with van der Waals surface area (Å²) >= 11 is 0. The summed E-state index contributed by atoms with van der Waals surface area (Å²) in [6.07, 6.45) is 6.60. The molecule has 1 saturated carbocycles. The minimum Gasteiger partial charge on any atom is -0.374 e. The standard InChI is InChI=1S/C12H25NO/c1-4-12(2,3)14-10-9-13-11-7-5-6-8-11/h11,13H,4-10H2,1-3H3. The molecule has 84 valence electrons. The van der Waals surface area contributed by atoms with Gasteiger partial charge in [-0.3, -0.25) is 0 Å². The maximum absolute atomic E-state index is 5.78. The van der Waals surface area contributed by atoms with Gasteiger partial charge < -0.3 is 10.1 Å². The van der Waals surface area contributed by atoms with Crippen molar-refractivity contribution in [3.8, 4) is 0 Å². The fourth-order valence-corrected chi connectivity index (χ4v) is 1.82. The van der Waals surface area contributed by atoms with Crippen LogP contribution in [0.4, 0.5) is 0 Å². The molecular formula is C12H25NO. The van der Waals surface area contributed by atoms with Gasteiger partial charge in [0, 0.05) is 12.6 Å². The number of ether oxygens (including phenoxy) is 1. The van der Waals surface area contributed by atoms with Crippen LogP contribution in [0.1, 0.15) is 52.9 Å². The Balaban J connectivity index is 1.98. The van der Waals surface area contributed by atoms with Crippen LogP contribution in [0.3, 0.4) is 0 Å². The van der Waals surface area contributed by atoms with Crippen molar-refractivity contribution in [2.24, 2.45) is 0 Å². The lowest BCUT2D eigenvalue weighted by molar-refractivity contribution is -0.0186. The SMILES string of the molecule is CCC(C)(C)OCCNC1CCCC1. The summed E-state index contributed by atoms with van der Waals surface area (Å²) in [5.41, 5.74) is 0.0529. The molecule has 0 aromatic carbocycles. The van der Waals surface area contributed by atoms with Crippen molar-refractivity contribution in [1.29, 1.82) is 0 Å². The number of rotatable bonds is 6. The van der Waals surface area contributed by atoms with E-state index < -0.39 is 0 Å². The van der Waals surface area contributed by atoms with E-state index in [1.54, 1.807) is 0 Å². The Morgan fingerprint density at radius 2 is 1.93 bits per heavy atom. The molecule has 0 radical (unpaired) electrons. The first kappa shape index (κ1) is 12.0. The van der Waals surface area contributed by atoms with E-state index in [9.17, 15) is 0 Å². The molecule has 0 aromatic rings. The summed E-state index contributed by atoms with van der Waals surface area (Å²) in [7, 11) is 0. The molecule has 1 N–H and O–H groups in total. The molecule has 1 aliphatic rings. The maximum atomic E-state index is 5.78. The first-order valence-electron chi connectivity index (χ1n) is 6.01. The highest BCUT2D eigenvalue weighted by molar-refractivity contribution is 4.73. The second-order valence-corrected chi connectivity index (χ2v) is 4.90. The summed E-state index contributed by atoms with van der Waals surface area (Å²) in [4.78, 5) is 0. The number of nitrogens with one attached hydrogen (secondary N) is 1. The molecule has 0 amide bonds. The number of hydrogen-bond donors (Lipinski definition) is 1. The van der Waals surface area contributed by atoms with Crippen LogP contribution in [0.5, 0.6) is 0 Å². The third-order valence-electron chi connectivity index (χ3n) is 3.23. The molecule has 0 bridgehead atoms. The van der Waals surface area contributed by atoms with Crippen LogP contribution in [0.25, 0.3) is 0 Å². The highest BCUT2D eigenvalue weighted by atomic mass is 16.5. The van der Waals surface area contributed by atoms with Crippen LogP contribution in [0.15, 0.2) is 0 Å². The average Bonchev–Trinajstić information content (AvgIpc) is 2.65. The van der Waals surface area contributed by atoms with Crippen LogP contribution < -0.4 is 5.32 Å². The van der Waals surface area contributed by atoms with E-state index in [-0.39, 0.29) is 5.60 Å². The first-order valence-corrected chi connectivity index (χ1v) is 6.01. The van der Waals surface area contributed by atoms with Crippen LogP contribution in [0.2, 0.25) is 0 Å². The summed E-state index contributed by atoms with van der Waals surface area (Å²) in [5.74, 6) is 0. The van der Waals surface area contributed by atoms with E-state index >= 15 is 0 Å². The van der Waals surface area contributed by atoms with Crippen molar-refractivity contribution < 1.29 is 4.74 Å². The first-order chi connectivity index (χ1) is 6.64. The van der Waals surface area contributed by atoms with Crippen molar-refractivity contribution in [1.82, 2.24) is 5.32 Å². The monoisotopic (exact) mass is 199 g/mol. The van der Waals surface area contributed by atoms with Gasteiger partial charge in [0.2, 0.25) is 0 Å². The fourth-order valence-electron chi connectivity index (χ4n) is 1.82. The average molecular weight is 199 g/mol. The van der Waals surface area contributed by atoms with Crippen LogP contribution in [0, 0.1) is 0 Å². The molecule has 2 heteroatoms. The zero-order valence-corrected chi connectivity index (χ0v) is 9.94. The Bertz CT molecular complexity index is 150. The van der Waals surface area contributed by atoms with Crippen molar-refractivity contribution in [3.05, 3.63) is 0 Å². The second-order valence-electron chi connectivity index (χ2n) is 4.90. The molecule has 1 fully saturated rings. The topological polar surface area (TPSA) is 21.3 Å². The minimum absolute atomic E-state index is 0.0529. The predicted octanol–water partition coefficient (Wildman–Crippen LogP) is 2.72. The van der Waals surface area contributed by atoms with Crippen LogP contribution in [-0.2, 0) is 4.74 Å². The van der Waals surface area contributed by atoms with Crippen molar-refractivity contribution in [2.45, 2.75) is 64.5 Å². The third-order valence-corrected chi connectivity index (χ3v) is 3.23. The van der Waals surface area contributed by atoms with E-state index in [0.29, 0.717) is 0 Å². The lowest BCUT2D eigenvalue weighted by atomic mass is 10.1. The van der Waals surface area contributed by atoms with Gasteiger partial charge in [-0.05, 0) is 33.1 Å². The van der Waals surface area contributed by atoms with E-state index in [0.717, 1.165) is 25.6 Å². The van der Waals surface area contributed by atoms with Gasteiger partial charge in [0.05, 0.1) is 12.2 Å². The van der Waals surface area contributed by atoms with Gasteiger partial charge in [-0.15, -0.1) is 0 Å². The van der Waals surface area contributed by atoms with Gasteiger partial charge in [-0.25, -0.2) is 0 Å². The molecule has 1 aliphatic carbocycles. The molecule has 0 aromatic heterocycles. The summed E-state index contributed by atoms with van der Waals surface area (Å²) < 4.78 is 5.78. The van der Waals surface area contributed by atoms with Crippen LogP contribution in [-0.4, -0.2) is 24.8 Å². The van der Waals surface area contributed by atoms with Gasteiger partial charge >= 0.3 is 0 Å². The summed E-state index contributed by atoms with van der Waals surface area (Å²) in [6, 6.07) is 0.767. The molecule has 1 rings (SSSR count). The molecule has 0 atom stereocenters. The summed E-state index contributed by atoms with van der Waals surface area (Å²) in [6.45, 7) is 8.33. The van der Waals surface area contributed by atoms with Gasteiger partial charge in [0.15, 0.2) is 0 Å². The predicted molar refractivity (Wildman–Crippen MR) is 60.6 cm³/mol. The zero-order valence-electron chi connectivity index (χ0n) is 9.94. The zero-order chi connectivity index (χ0) is 10.4. The number of hydrogen-bond acceptors (Lipinski definition) is 2. The Kier molecular flexibility index (Phi) is 4.90. The normalized spacial score (nSPS) is 19.1. The maximum Gasteiger partial charge on any atom is 0.0624 e. The Morgan fingerprint density at radius 3 is 2.50 bits per heavy atom. The van der Waals surface area contributed by atoms with Crippen molar-refractivity contribution >= 4 is 0 Å². The van der Waals surface area contributed by atoms with E-state index in [1.165, 1.54) is 25.7 Å². The van der Waals surface area contributed by atoms with Gasteiger partial charge in [-0.1, -0.05) is 19.8 Å². The highest BCUT2D eigenvalue weighted by Gasteiger charge is 2.16. The Labute approximate surface area is 88.4 Å². The lowest BCUT2D eigenvalue weighted by Gasteiger charge is -2.24. The molecule has 0 aliphatic heterocycles. The largest absolute Gasteiger partial charge is 0.374 e. The van der Waals surface area contributed by atoms with Gasteiger partial charge in [0.25, 0.3) is 0 Å². The Morgan fingerprint density at radius 1 is 1.29 bits per heavy atom. The van der Waals surface area contributed by atoms with E-state index in [4.69, 9.17) is 4.74 Å². The fraction of sp³-hybridized carbons (Fsp3) is 1.00. The molecule has 0 spiro atoms.